The zero-order chi connectivity index (χ0) is 25.1. The van der Waals surface area contributed by atoms with Gasteiger partial charge in [-0.1, -0.05) is 67.5 Å². The SMILES string of the molecule is CC.CC(C)=Cc1cc(C)ccc1SNC(Cc1ccc(C(=N)N)cc1)C(=O)N1CCCCC1. The lowest BCUT2D eigenvalue weighted by Gasteiger charge is -2.31. The zero-order valence-corrected chi connectivity index (χ0v) is 22.1. The number of hydrogen-bond acceptors (Lipinski definition) is 4. The summed E-state index contributed by atoms with van der Waals surface area (Å²) in [4.78, 5) is 16.5. The molecule has 2 aromatic carbocycles. The Labute approximate surface area is 209 Å². The normalized spacial score (nSPS) is 14.0. The van der Waals surface area contributed by atoms with Crippen LogP contribution in [0.2, 0.25) is 0 Å². The third-order valence-corrected chi connectivity index (χ3v) is 6.59. The molecule has 0 aromatic heterocycles. The van der Waals surface area contributed by atoms with Crippen LogP contribution in [-0.4, -0.2) is 35.8 Å². The first-order valence-corrected chi connectivity index (χ1v) is 13.0. The second-order valence-corrected chi connectivity index (χ2v) is 9.62. The van der Waals surface area contributed by atoms with E-state index in [1.807, 2.05) is 43.0 Å². The molecule has 0 bridgehead atoms. The summed E-state index contributed by atoms with van der Waals surface area (Å²) in [5.41, 5.74) is 10.9. The van der Waals surface area contributed by atoms with Crippen LogP contribution in [0.15, 0.2) is 52.9 Å². The molecular formula is C28H40N4OS. The van der Waals surface area contributed by atoms with Gasteiger partial charge in [-0.2, -0.15) is 0 Å². The first kappa shape index (κ1) is 27.7. The summed E-state index contributed by atoms with van der Waals surface area (Å²) in [6.07, 6.45) is 6.10. The summed E-state index contributed by atoms with van der Waals surface area (Å²) >= 11 is 1.53. The van der Waals surface area contributed by atoms with Gasteiger partial charge >= 0.3 is 0 Å². The predicted octanol–water partition coefficient (Wildman–Crippen LogP) is 5.95. The van der Waals surface area contributed by atoms with E-state index in [1.54, 1.807) is 0 Å². The highest BCUT2D eigenvalue weighted by molar-refractivity contribution is 7.97. The van der Waals surface area contributed by atoms with Crippen LogP contribution in [0, 0.1) is 12.3 Å². The van der Waals surface area contributed by atoms with Crippen molar-refractivity contribution in [2.24, 2.45) is 5.73 Å². The smallest absolute Gasteiger partial charge is 0.240 e. The maximum atomic E-state index is 13.4. The number of likely N-dealkylation sites (tertiary alicyclic amines) is 1. The van der Waals surface area contributed by atoms with Crippen molar-refractivity contribution in [2.45, 2.75) is 71.2 Å². The van der Waals surface area contributed by atoms with Crippen molar-refractivity contribution in [1.82, 2.24) is 9.62 Å². The van der Waals surface area contributed by atoms with Crippen molar-refractivity contribution < 1.29 is 4.79 Å². The van der Waals surface area contributed by atoms with Gasteiger partial charge in [-0.25, -0.2) is 4.72 Å². The Bertz CT molecular complexity index is 974. The van der Waals surface area contributed by atoms with Crippen LogP contribution in [0.5, 0.6) is 0 Å². The Balaban J connectivity index is 0.00000199. The van der Waals surface area contributed by atoms with Crippen LogP contribution in [0.1, 0.15) is 69.2 Å². The molecule has 3 rings (SSSR count). The molecule has 1 amide bonds. The van der Waals surface area contributed by atoms with E-state index in [9.17, 15) is 4.79 Å². The van der Waals surface area contributed by atoms with Crippen molar-refractivity contribution in [1.29, 1.82) is 5.41 Å². The van der Waals surface area contributed by atoms with Gasteiger partial charge in [0.15, 0.2) is 0 Å². The van der Waals surface area contributed by atoms with Crippen LogP contribution >= 0.6 is 11.9 Å². The molecule has 6 heteroatoms. The van der Waals surface area contributed by atoms with Crippen molar-refractivity contribution >= 4 is 29.8 Å². The van der Waals surface area contributed by atoms with Crippen LogP contribution in [-0.2, 0) is 11.2 Å². The maximum Gasteiger partial charge on any atom is 0.240 e. The van der Waals surface area contributed by atoms with E-state index in [2.05, 4.69) is 49.8 Å². The summed E-state index contributed by atoms with van der Waals surface area (Å²) in [6.45, 7) is 11.9. The molecule has 4 N–H and O–H groups in total. The van der Waals surface area contributed by atoms with Crippen LogP contribution in [0.4, 0.5) is 0 Å². The number of carbonyl (C=O) groups excluding carboxylic acids is 1. The van der Waals surface area contributed by atoms with Crippen LogP contribution in [0.3, 0.4) is 0 Å². The van der Waals surface area contributed by atoms with Gasteiger partial charge < -0.3 is 10.6 Å². The molecule has 1 aliphatic rings. The molecule has 1 fully saturated rings. The number of allylic oxidation sites excluding steroid dienone is 1. The number of nitrogen functional groups attached to an aromatic ring is 1. The molecule has 1 saturated heterocycles. The third-order valence-electron chi connectivity index (χ3n) is 5.59. The van der Waals surface area contributed by atoms with Crippen LogP contribution in [0.25, 0.3) is 6.08 Å². The molecule has 184 valence electrons. The Kier molecular flexibility index (Phi) is 11.4. The van der Waals surface area contributed by atoms with Gasteiger partial charge in [0.2, 0.25) is 5.91 Å². The first-order chi connectivity index (χ1) is 16.3. The second kappa shape index (κ2) is 14.0. The number of amidine groups is 1. The van der Waals surface area contributed by atoms with Gasteiger partial charge in [-0.15, -0.1) is 0 Å². The van der Waals surface area contributed by atoms with Gasteiger partial charge in [0.05, 0.1) is 0 Å². The minimum Gasteiger partial charge on any atom is -0.384 e. The largest absolute Gasteiger partial charge is 0.384 e. The van der Waals surface area contributed by atoms with Crippen molar-refractivity contribution in [2.75, 3.05) is 13.1 Å². The Morgan fingerprint density at radius 1 is 1.12 bits per heavy atom. The average molecular weight is 481 g/mol. The van der Waals surface area contributed by atoms with E-state index in [0.29, 0.717) is 12.0 Å². The van der Waals surface area contributed by atoms with Gasteiger partial charge in [-0.05, 0) is 75.6 Å². The second-order valence-electron chi connectivity index (χ2n) is 8.74. The predicted molar refractivity (Wildman–Crippen MR) is 146 cm³/mol. The standard InChI is InChI=1S/C26H34N4OS.C2H6/c1-18(2)15-22-16-19(3)7-12-24(22)32-29-23(26(31)30-13-5-4-6-14-30)17-20-8-10-21(11-9-20)25(27)28;1-2/h7-12,15-16,23,29H,4-6,13-14,17H2,1-3H3,(H3,27,28);1-2H3. The third kappa shape index (κ3) is 8.33. The highest BCUT2D eigenvalue weighted by Crippen LogP contribution is 2.25. The molecule has 1 aliphatic heterocycles. The number of benzene rings is 2. The highest BCUT2D eigenvalue weighted by atomic mass is 32.2. The number of nitrogens with two attached hydrogens (primary N) is 1. The minimum atomic E-state index is -0.331. The van der Waals surface area contributed by atoms with E-state index in [4.69, 9.17) is 11.1 Å². The summed E-state index contributed by atoms with van der Waals surface area (Å²) in [5, 5.41) is 7.59. The lowest BCUT2D eigenvalue weighted by molar-refractivity contribution is -0.133. The van der Waals surface area contributed by atoms with Gasteiger partial charge in [0.25, 0.3) is 0 Å². The number of nitrogens with one attached hydrogen (secondary N) is 2. The quantitative estimate of drug-likeness (QED) is 0.248. The zero-order valence-electron chi connectivity index (χ0n) is 21.3. The molecule has 0 saturated carbocycles. The summed E-state index contributed by atoms with van der Waals surface area (Å²) < 4.78 is 3.48. The maximum absolute atomic E-state index is 13.4. The monoisotopic (exact) mass is 480 g/mol. The first-order valence-electron chi connectivity index (χ1n) is 12.2. The minimum absolute atomic E-state index is 0.0531. The fraction of sp³-hybridized carbons (Fsp3) is 0.429. The number of rotatable bonds is 8. The van der Waals surface area contributed by atoms with Gasteiger partial charge in [0, 0.05) is 23.5 Å². The lowest BCUT2D eigenvalue weighted by atomic mass is 10.0. The van der Waals surface area contributed by atoms with E-state index in [0.717, 1.165) is 42.0 Å². The number of carbonyl (C=O) groups is 1. The van der Waals surface area contributed by atoms with Gasteiger partial charge in [-0.3, -0.25) is 10.2 Å². The van der Waals surface area contributed by atoms with E-state index in [1.165, 1.54) is 29.5 Å². The van der Waals surface area contributed by atoms with E-state index >= 15 is 0 Å². The molecule has 0 aliphatic carbocycles. The number of piperidine rings is 1. The van der Waals surface area contributed by atoms with E-state index < -0.39 is 0 Å². The topological polar surface area (TPSA) is 82.2 Å². The van der Waals surface area contributed by atoms with E-state index in [-0.39, 0.29) is 17.8 Å². The molecule has 2 aromatic rings. The summed E-state index contributed by atoms with van der Waals surface area (Å²) in [7, 11) is 0. The molecule has 1 unspecified atom stereocenters. The lowest BCUT2D eigenvalue weighted by Crippen LogP contribution is -2.47. The Morgan fingerprint density at radius 3 is 2.35 bits per heavy atom. The number of aryl methyl sites for hydroxylation is 1. The number of nitrogens with zero attached hydrogens (tertiary/aromatic N) is 1. The average Bonchev–Trinajstić information content (AvgIpc) is 2.84. The molecule has 0 spiro atoms. The Morgan fingerprint density at radius 2 is 1.76 bits per heavy atom. The number of hydrogen-bond donors (Lipinski definition) is 3. The molecular weight excluding hydrogens is 440 g/mol. The summed E-state index contributed by atoms with van der Waals surface area (Å²) in [5.74, 6) is 0.209. The Hall–Kier alpha value is -2.57. The number of amides is 1. The molecule has 5 nitrogen and oxygen atoms in total. The van der Waals surface area contributed by atoms with Crippen molar-refractivity contribution in [3.05, 3.63) is 70.3 Å². The molecule has 1 atom stereocenters. The fourth-order valence-corrected chi connectivity index (χ4v) is 4.71. The van der Waals surface area contributed by atoms with Crippen molar-refractivity contribution in [3.8, 4) is 0 Å². The van der Waals surface area contributed by atoms with Crippen LogP contribution < -0.4 is 10.5 Å². The van der Waals surface area contributed by atoms with Gasteiger partial charge in [0.1, 0.15) is 11.9 Å². The fourth-order valence-electron chi connectivity index (χ4n) is 3.89. The highest BCUT2D eigenvalue weighted by Gasteiger charge is 2.26. The van der Waals surface area contributed by atoms with Crippen molar-refractivity contribution in [3.63, 3.8) is 0 Å². The molecule has 34 heavy (non-hydrogen) atoms. The molecule has 0 radical (unpaired) electrons. The summed E-state index contributed by atoms with van der Waals surface area (Å²) in [6, 6.07) is 13.7. The molecule has 1 heterocycles.